The van der Waals surface area contributed by atoms with Gasteiger partial charge >= 0.3 is 0 Å². The molecule has 1 aromatic heterocycles. The number of hydrogen-bond donors (Lipinski definition) is 0. The van der Waals surface area contributed by atoms with E-state index in [0.717, 1.165) is 21.9 Å². The summed E-state index contributed by atoms with van der Waals surface area (Å²) in [6, 6.07) is 65.8. The van der Waals surface area contributed by atoms with E-state index >= 15 is 0 Å². The Kier molecular flexibility index (Phi) is 6.25. The summed E-state index contributed by atoms with van der Waals surface area (Å²) in [5.74, 6) is 0. The van der Waals surface area contributed by atoms with Gasteiger partial charge in [0.05, 0.1) is 0 Å². The molecular weight excluding hydrogens is 593 g/mol. The molecule has 0 saturated carbocycles. The van der Waals surface area contributed by atoms with Gasteiger partial charge in [-0.05, 0) is 101 Å². The molecule has 0 atom stereocenters. The van der Waals surface area contributed by atoms with Crippen LogP contribution in [0.4, 0.5) is 0 Å². The zero-order valence-electron chi connectivity index (χ0n) is 26.7. The van der Waals surface area contributed by atoms with E-state index < -0.39 is 0 Å². The third kappa shape index (κ3) is 4.40. The molecule has 0 radical (unpaired) electrons. The van der Waals surface area contributed by atoms with Crippen LogP contribution in [0.5, 0.6) is 0 Å². The molecule has 0 saturated heterocycles. The monoisotopic (exact) mass is 622 g/mol. The normalized spacial score (nSPS) is 11.7. The molecule has 0 N–H and O–H groups in total. The van der Waals surface area contributed by atoms with E-state index in [1.54, 1.807) is 0 Å². The Bertz CT molecular complexity index is 2860. The minimum absolute atomic E-state index is 0.902. The zero-order chi connectivity index (χ0) is 32.3. The number of hydrogen-bond acceptors (Lipinski definition) is 1. The number of fused-ring (bicyclic) bond motifs is 6. The smallest absolute Gasteiger partial charge is 0.136 e. The molecule has 0 aliphatic heterocycles. The van der Waals surface area contributed by atoms with Crippen molar-refractivity contribution >= 4 is 54.3 Å². The van der Waals surface area contributed by atoms with Crippen LogP contribution < -0.4 is 0 Å². The summed E-state index contributed by atoms with van der Waals surface area (Å²) in [5.41, 5.74) is 11.5. The van der Waals surface area contributed by atoms with Crippen LogP contribution in [0.15, 0.2) is 186 Å². The van der Waals surface area contributed by atoms with Gasteiger partial charge in [0, 0.05) is 10.8 Å². The SMILES string of the molecule is c1ccc(-c2ccc3c(-c4cccc5oc6cc7ccccc7cc6c45)c4ccccc4c(-c4ccccc4-c4ccccc4)c3c2)cc1. The highest BCUT2D eigenvalue weighted by Gasteiger charge is 2.22. The summed E-state index contributed by atoms with van der Waals surface area (Å²) in [7, 11) is 0. The summed E-state index contributed by atoms with van der Waals surface area (Å²) in [5, 5.41) is 9.59. The fourth-order valence-corrected chi connectivity index (χ4v) is 7.86. The maximum absolute atomic E-state index is 6.58. The second kappa shape index (κ2) is 11.1. The predicted molar refractivity (Wildman–Crippen MR) is 208 cm³/mol. The molecule has 0 unspecified atom stereocenters. The molecule has 0 bridgehead atoms. The molecule has 49 heavy (non-hydrogen) atoms. The Morgan fingerprint density at radius 2 is 0.857 bits per heavy atom. The highest BCUT2D eigenvalue weighted by molar-refractivity contribution is 6.27. The van der Waals surface area contributed by atoms with Gasteiger partial charge in [-0.3, -0.25) is 0 Å². The van der Waals surface area contributed by atoms with Gasteiger partial charge in [-0.25, -0.2) is 0 Å². The fraction of sp³-hybridized carbons (Fsp3) is 0. The lowest BCUT2D eigenvalue weighted by atomic mass is 9.82. The van der Waals surface area contributed by atoms with Crippen LogP contribution >= 0.6 is 0 Å². The first kappa shape index (κ1) is 27.7. The van der Waals surface area contributed by atoms with Crippen molar-refractivity contribution in [1.29, 1.82) is 0 Å². The lowest BCUT2D eigenvalue weighted by Gasteiger charge is -2.21. The molecule has 0 aliphatic carbocycles. The van der Waals surface area contributed by atoms with Gasteiger partial charge in [0.2, 0.25) is 0 Å². The fourth-order valence-electron chi connectivity index (χ4n) is 7.86. The third-order valence-corrected chi connectivity index (χ3v) is 10.0. The summed E-state index contributed by atoms with van der Waals surface area (Å²) in [6.45, 7) is 0. The van der Waals surface area contributed by atoms with Crippen molar-refractivity contribution in [3.63, 3.8) is 0 Å². The molecule has 228 valence electrons. The van der Waals surface area contributed by atoms with E-state index in [1.165, 1.54) is 76.8 Å². The van der Waals surface area contributed by atoms with Crippen LogP contribution in [0, 0.1) is 0 Å². The summed E-state index contributed by atoms with van der Waals surface area (Å²) in [6.07, 6.45) is 0. The average molecular weight is 623 g/mol. The van der Waals surface area contributed by atoms with E-state index in [-0.39, 0.29) is 0 Å². The van der Waals surface area contributed by atoms with Crippen molar-refractivity contribution in [3.8, 4) is 44.5 Å². The molecule has 1 heteroatoms. The Morgan fingerprint density at radius 3 is 1.61 bits per heavy atom. The van der Waals surface area contributed by atoms with Crippen molar-refractivity contribution in [2.24, 2.45) is 0 Å². The number of rotatable bonds is 4. The van der Waals surface area contributed by atoms with Gasteiger partial charge in [-0.15, -0.1) is 0 Å². The van der Waals surface area contributed by atoms with E-state index in [2.05, 4.69) is 182 Å². The summed E-state index contributed by atoms with van der Waals surface area (Å²) in [4.78, 5) is 0. The van der Waals surface area contributed by atoms with Crippen molar-refractivity contribution in [1.82, 2.24) is 0 Å². The van der Waals surface area contributed by atoms with Crippen LogP contribution in [0.2, 0.25) is 0 Å². The highest BCUT2D eigenvalue weighted by atomic mass is 16.3. The molecule has 0 spiro atoms. The first-order chi connectivity index (χ1) is 24.3. The van der Waals surface area contributed by atoms with E-state index in [1.807, 2.05) is 0 Å². The van der Waals surface area contributed by atoms with E-state index in [0.29, 0.717) is 0 Å². The van der Waals surface area contributed by atoms with Gasteiger partial charge in [-0.1, -0.05) is 158 Å². The Labute approximate surface area is 284 Å². The maximum atomic E-state index is 6.58. The van der Waals surface area contributed by atoms with E-state index in [4.69, 9.17) is 4.42 Å². The van der Waals surface area contributed by atoms with Crippen molar-refractivity contribution in [3.05, 3.63) is 182 Å². The van der Waals surface area contributed by atoms with Gasteiger partial charge in [0.1, 0.15) is 11.2 Å². The van der Waals surface area contributed by atoms with Crippen molar-refractivity contribution in [2.75, 3.05) is 0 Å². The van der Waals surface area contributed by atoms with Crippen molar-refractivity contribution < 1.29 is 4.42 Å². The Hall–Kier alpha value is -6.44. The lowest BCUT2D eigenvalue weighted by Crippen LogP contribution is -1.93. The van der Waals surface area contributed by atoms with Gasteiger partial charge in [0.15, 0.2) is 0 Å². The maximum Gasteiger partial charge on any atom is 0.136 e. The molecule has 1 heterocycles. The second-order valence-corrected chi connectivity index (χ2v) is 12.8. The number of benzene rings is 9. The molecule has 0 fully saturated rings. The van der Waals surface area contributed by atoms with E-state index in [9.17, 15) is 0 Å². The first-order valence-corrected chi connectivity index (χ1v) is 16.8. The summed E-state index contributed by atoms with van der Waals surface area (Å²) < 4.78 is 6.58. The zero-order valence-corrected chi connectivity index (χ0v) is 26.7. The Morgan fingerprint density at radius 1 is 0.286 bits per heavy atom. The van der Waals surface area contributed by atoms with Gasteiger partial charge in [-0.2, -0.15) is 0 Å². The molecular formula is C48H30O. The molecule has 9 aromatic carbocycles. The minimum atomic E-state index is 0.902. The van der Waals surface area contributed by atoms with Crippen molar-refractivity contribution in [2.45, 2.75) is 0 Å². The molecule has 0 amide bonds. The number of furan rings is 1. The second-order valence-electron chi connectivity index (χ2n) is 12.8. The third-order valence-electron chi connectivity index (χ3n) is 10.0. The van der Waals surface area contributed by atoms with Gasteiger partial charge in [0.25, 0.3) is 0 Å². The molecule has 10 aromatic rings. The van der Waals surface area contributed by atoms with Crippen LogP contribution in [0.3, 0.4) is 0 Å². The highest BCUT2D eigenvalue weighted by Crippen LogP contribution is 2.49. The summed E-state index contributed by atoms with van der Waals surface area (Å²) >= 11 is 0. The minimum Gasteiger partial charge on any atom is -0.456 e. The average Bonchev–Trinajstić information content (AvgIpc) is 3.54. The predicted octanol–water partition coefficient (Wildman–Crippen LogP) is 13.7. The van der Waals surface area contributed by atoms with Crippen LogP contribution in [0.25, 0.3) is 98.8 Å². The largest absolute Gasteiger partial charge is 0.456 e. The van der Waals surface area contributed by atoms with Gasteiger partial charge < -0.3 is 4.42 Å². The molecule has 1 nitrogen and oxygen atoms in total. The topological polar surface area (TPSA) is 13.1 Å². The van der Waals surface area contributed by atoms with Crippen LogP contribution in [0.1, 0.15) is 0 Å². The molecule has 10 rings (SSSR count). The Balaban J connectivity index is 1.37. The molecule has 0 aliphatic rings. The first-order valence-electron chi connectivity index (χ1n) is 16.8. The van der Waals surface area contributed by atoms with Crippen LogP contribution in [-0.2, 0) is 0 Å². The lowest BCUT2D eigenvalue weighted by molar-refractivity contribution is 0.669. The van der Waals surface area contributed by atoms with Crippen LogP contribution in [-0.4, -0.2) is 0 Å². The standard InChI is InChI=1S/C48H30O/c1-3-14-31(15-4-1)35-26-27-40-42(28-35)47(37-21-10-9-20-36(37)32-16-5-2-6-17-32)39-23-12-11-22-38(39)46(40)41-24-13-25-44-48(41)43-29-33-18-7-8-19-34(33)30-45(43)49-44/h1-30H. The quantitative estimate of drug-likeness (QED) is 0.178.